The highest BCUT2D eigenvalue weighted by Gasteiger charge is 2.48. The summed E-state index contributed by atoms with van der Waals surface area (Å²) in [5.74, 6) is -1.56. The van der Waals surface area contributed by atoms with E-state index >= 15 is 0 Å². The van der Waals surface area contributed by atoms with E-state index in [2.05, 4.69) is 0 Å². The first-order chi connectivity index (χ1) is 18.7. The van der Waals surface area contributed by atoms with Crippen LogP contribution in [0.3, 0.4) is 0 Å². The van der Waals surface area contributed by atoms with Crippen molar-refractivity contribution in [3.63, 3.8) is 0 Å². The number of esters is 1. The van der Waals surface area contributed by atoms with Crippen molar-refractivity contribution in [3.05, 3.63) is 81.8 Å². The van der Waals surface area contributed by atoms with Crippen molar-refractivity contribution in [1.29, 1.82) is 0 Å². The van der Waals surface area contributed by atoms with E-state index in [0.717, 1.165) is 0 Å². The largest absolute Gasteiger partial charge is 0.456 e. The molecule has 2 aromatic rings. The number of nitrogens with zero attached hydrogens (tertiary/aromatic N) is 1. The molecule has 1 unspecified atom stereocenters. The van der Waals surface area contributed by atoms with E-state index in [1.165, 1.54) is 25.1 Å². The highest BCUT2D eigenvalue weighted by molar-refractivity contribution is 5.85. The highest BCUT2D eigenvalue weighted by Crippen LogP contribution is 2.47. The Balaban J connectivity index is 1.47. The summed E-state index contributed by atoms with van der Waals surface area (Å²) in [4.78, 5) is 13.6. The van der Waals surface area contributed by atoms with Crippen LogP contribution in [0.1, 0.15) is 46.8 Å². The fraction of sp³-hybridized carbons (Fsp3) is 0.464. The van der Waals surface area contributed by atoms with Crippen molar-refractivity contribution < 1.29 is 49.7 Å². The van der Waals surface area contributed by atoms with E-state index in [0.29, 0.717) is 42.0 Å². The standard InChI is InChI=1S/C28H26F7NO4/c1-14-5-20(29)3-4-22(14)25-23-11-36(21-9-24(37)38-13-21)10-17(23)12-39-26(25)40-15(2)16-6-18(27(30,31)32)8-19(7-16)28(33,34)35/h3-9,15,17,23,25-26H,10-13H2,1-2H3/t15-,17+,23?,25+,26-/m1/s1. The number of ether oxygens (including phenoxy) is 3. The second kappa shape index (κ2) is 10.4. The van der Waals surface area contributed by atoms with E-state index in [1.807, 2.05) is 4.90 Å². The van der Waals surface area contributed by atoms with Crippen LogP contribution < -0.4 is 0 Å². The zero-order valence-electron chi connectivity index (χ0n) is 21.5. The van der Waals surface area contributed by atoms with Gasteiger partial charge in [-0.05, 0) is 66.8 Å². The Kier molecular flexibility index (Phi) is 7.37. The molecule has 40 heavy (non-hydrogen) atoms. The van der Waals surface area contributed by atoms with Gasteiger partial charge >= 0.3 is 18.3 Å². The van der Waals surface area contributed by atoms with Gasteiger partial charge in [-0.1, -0.05) is 6.07 Å². The van der Waals surface area contributed by atoms with Crippen molar-refractivity contribution in [1.82, 2.24) is 4.90 Å². The van der Waals surface area contributed by atoms with Crippen LogP contribution in [0.2, 0.25) is 0 Å². The lowest BCUT2D eigenvalue weighted by Crippen LogP contribution is -2.42. The van der Waals surface area contributed by atoms with E-state index in [-0.39, 0.29) is 36.7 Å². The number of carbonyl (C=O) groups excluding carboxylic acids is 1. The lowest BCUT2D eigenvalue weighted by molar-refractivity contribution is -0.217. The molecule has 0 aliphatic carbocycles. The molecule has 0 spiro atoms. The average molecular weight is 574 g/mol. The van der Waals surface area contributed by atoms with Gasteiger partial charge in [0.2, 0.25) is 0 Å². The molecule has 3 aliphatic rings. The SMILES string of the molecule is Cc1cc(F)ccc1[C@H]1C2CN(C3=CC(=O)OC3)C[C@H]2CO[C@@H]1O[C@H](C)c1cc(C(F)(F)F)cc(C(F)(F)F)c1. The number of benzene rings is 2. The van der Waals surface area contributed by atoms with Gasteiger partial charge in [-0.25, -0.2) is 9.18 Å². The molecule has 0 saturated carbocycles. The van der Waals surface area contributed by atoms with Crippen molar-refractivity contribution in [2.24, 2.45) is 11.8 Å². The van der Waals surface area contributed by atoms with Gasteiger partial charge in [0.15, 0.2) is 6.29 Å². The number of aryl methyl sites for hydroxylation is 1. The number of rotatable bonds is 5. The quantitative estimate of drug-likeness (QED) is 0.307. The van der Waals surface area contributed by atoms with Crippen LogP contribution in [-0.4, -0.2) is 43.5 Å². The summed E-state index contributed by atoms with van der Waals surface area (Å²) < 4.78 is 112. The fourth-order valence-electron chi connectivity index (χ4n) is 5.79. The molecular weight excluding hydrogens is 547 g/mol. The summed E-state index contributed by atoms with van der Waals surface area (Å²) in [6.07, 6.45) is -10.8. The molecule has 5 atom stereocenters. The number of hydrogen-bond donors (Lipinski definition) is 0. The third-order valence-corrected chi connectivity index (χ3v) is 7.78. The topological polar surface area (TPSA) is 48.0 Å². The monoisotopic (exact) mass is 573 g/mol. The average Bonchev–Trinajstić information content (AvgIpc) is 3.49. The van der Waals surface area contributed by atoms with Crippen LogP contribution in [0.15, 0.2) is 48.2 Å². The van der Waals surface area contributed by atoms with Crippen LogP contribution in [0.5, 0.6) is 0 Å². The number of alkyl halides is 6. The molecule has 216 valence electrons. The second-order valence-corrected chi connectivity index (χ2v) is 10.4. The Labute approximate surface area is 225 Å². The first-order valence-corrected chi connectivity index (χ1v) is 12.7. The number of hydrogen-bond acceptors (Lipinski definition) is 5. The predicted octanol–water partition coefficient (Wildman–Crippen LogP) is 6.38. The Morgan fingerprint density at radius 2 is 1.68 bits per heavy atom. The van der Waals surface area contributed by atoms with E-state index < -0.39 is 53.6 Å². The number of fused-ring (bicyclic) bond motifs is 1. The van der Waals surface area contributed by atoms with Gasteiger partial charge in [0.05, 0.1) is 29.5 Å². The Hall–Kier alpha value is -3.12. The van der Waals surface area contributed by atoms with Gasteiger partial charge < -0.3 is 19.1 Å². The number of halogens is 7. The number of carbonyl (C=O) groups is 1. The van der Waals surface area contributed by atoms with Crippen LogP contribution in [0, 0.1) is 24.6 Å². The van der Waals surface area contributed by atoms with Crippen LogP contribution >= 0.6 is 0 Å². The van der Waals surface area contributed by atoms with E-state index in [1.54, 1.807) is 13.0 Å². The smallest absolute Gasteiger partial charge is 0.416 e. The molecule has 3 aliphatic heterocycles. The summed E-state index contributed by atoms with van der Waals surface area (Å²) in [6, 6.07) is 5.59. The lowest BCUT2D eigenvalue weighted by atomic mass is 9.76. The van der Waals surface area contributed by atoms with Gasteiger partial charge in [-0.15, -0.1) is 0 Å². The summed E-state index contributed by atoms with van der Waals surface area (Å²) in [5, 5.41) is 0. The molecular formula is C28H26F7NO4. The van der Waals surface area contributed by atoms with Crippen molar-refractivity contribution in [3.8, 4) is 0 Å². The fourth-order valence-corrected chi connectivity index (χ4v) is 5.79. The normalized spacial score (nSPS) is 26.0. The van der Waals surface area contributed by atoms with Crippen molar-refractivity contribution >= 4 is 5.97 Å². The second-order valence-electron chi connectivity index (χ2n) is 10.4. The third kappa shape index (κ3) is 5.69. The Morgan fingerprint density at radius 3 is 2.25 bits per heavy atom. The Morgan fingerprint density at radius 1 is 1.00 bits per heavy atom. The summed E-state index contributed by atoms with van der Waals surface area (Å²) in [6.45, 7) is 4.46. The number of cyclic esters (lactones) is 1. The molecule has 5 rings (SSSR count). The molecule has 0 amide bonds. The minimum atomic E-state index is -4.99. The minimum Gasteiger partial charge on any atom is -0.456 e. The van der Waals surface area contributed by atoms with Gasteiger partial charge in [0, 0.05) is 31.0 Å². The molecule has 0 N–H and O–H groups in total. The summed E-state index contributed by atoms with van der Waals surface area (Å²) in [7, 11) is 0. The minimum absolute atomic E-state index is 0.0217. The maximum Gasteiger partial charge on any atom is 0.416 e. The van der Waals surface area contributed by atoms with Crippen LogP contribution in [0.25, 0.3) is 0 Å². The van der Waals surface area contributed by atoms with Gasteiger partial charge in [0.1, 0.15) is 12.4 Å². The van der Waals surface area contributed by atoms with Crippen LogP contribution in [0.4, 0.5) is 30.7 Å². The van der Waals surface area contributed by atoms with Crippen molar-refractivity contribution in [2.45, 2.75) is 44.5 Å². The molecule has 2 fully saturated rings. The molecule has 2 aromatic carbocycles. The highest BCUT2D eigenvalue weighted by atomic mass is 19.4. The maximum atomic E-state index is 14.0. The molecule has 0 aromatic heterocycles. The molecule has 0 bridgehead atoms. The molecule has 5 nitrogen and oxygen atoms in total. The maximum absolute atomic E-state index is 14.0. The molecule has 3 heterocycles. The predicted molar refractivity (Wildman–Crippen MR) is 127 cm³/mol. The first kappa shape index (κ1) is 28.4. The molecule has 2 saturated heterocycles. The van der Waals surface area contributed by atoms with Gasteiger partial charge in [-0.3, -0.25) is 0 Å². The zero-order chi connectivity index (χ0) is 29.0. The zero-order valence-corrected chi connectivity index (χ0v) is 21.5. The van der Waals surface area contributed by atoms with E-state index in [9.17, 15) is 35.5 Å². The van der Waals surface area contributed by atoms with Crippen molar-refractivity contribution in [2.75, 3.05) is 26.3 Å². The van der Waals surface area contributed by atoms with Gasteiger partial charge in [-0.2, -0.15) is 26.3 Å². The Bertz CT molecular complexity index is 1290. The first-order valence-electron chi connectivity index (χ1n) is 12.7. The number of likely N-dealkylation sites (tertiary alicyclic amines) is 1. The molecule has 12 heteroatoms. The van der Waals surface area contributed by atoms with Crippen LogP contribution in [-0.2, 0) is 31.4 Å². The van der Waals surface area contributed by atoms with Gasteiger partial charge in [0.25, 0.3) is 0 Å². The van der Waals surface area contributed by atoms with E-state index in [4.69, 9.17) is 14.2 Å². The lowest BCUT2D eigenvalue weighted by Gasteiger charge is -2.41. The third-order valence-electron chi connectivity index (χ3n) is 7.78. The summed E-state index contributed by atoms with van der Waals surface area (Å²) >= 11 is 0. The molecule has 0 radical (unpaired) electrons. The summed E-state index contributed by atoms with van der Waals surface area (Å²) in [5.41, 5.74) is -1.16.